The first-order valence-corrected chi connectivity index (χ1v) is 6.89. The second kappa shape index (κ2) is 5.26. The van der Waals surface area contributed by atoms with E-state index >= 15 is 0 Å². The van der Waals surface area contributed by atoms with Crippen molar-refractivity contribution >= 4 is 5.91 Å². The number of carbonyl (C=O) groups excluding carboxylic acids is 1. The quantitative estimate of drug-likeness (QED) is 0.793. The summed E-state index contributed by atoms with van der Waals surface area (Å²) >= 11 is 0. The van der Waals surface area contributed by atoms with Crippen LogP contribution in [-0.4, -0.2) is 35.1 Å². The lowest BCUT2D eigenvalue weighted by molar-refractivity contribution is 0.0699. The fraction of sp³-hybridized carbons (Fsp3) is 0.438. The molecule has 2 aliphatic rings. The first-order chi connectivity index (χ1) is 9.69. The number of halogens is 1. The fourth-order valence-corrected chi connectivity index (χ4v) is 3.24. The van der Waals surface area contributed by atoms with Gasteiger partial charge in [-0.2, -0.15) is 0 Å². The summed E-state index contributed by atoms with van der Waals surface area (Å²) in [5.41, 5.74) is 0.586. The van der Waals surface area contributed by atoms with Crippen molar-refractivity contribution in [3.05, 3.63) is 35.1 Å². The predicted molar refractivity (Wildman–Crippen MR) is 72.5 cm³/mol. The number of rotatable bonds is 1. The summed E-state index contributed by atoms with van der Waals surface area (Å²) < 4.78 is 14.0. The third-order valence-electron chi connectivity index (χ3n) is 4.18. The van der Waals surface area contributed by atoms with E-state index in [0.717, 1.165) is 19.4 Å². The molecule has 1 aromatic rings. The standard InChI is InChI=1S/C16H16FNO2/c17-15-9-11(2-1-7-19)4-6-14(15)16(20)18-10-12-3-5-13(18)8-12/h4,6,9,12-13,19H,3,5,7-8,10H2. The van der Waals surface area contributed by atoms with Gasteiger partial charge in [-0.1, -0.05) is 11.8 Å². The highest BCUT2D eigenvalue weighted by Gasteiger charge is 2.40. The van der Waals surface area contributed by atoms with Crippen LogP contribution in [0, 0.1) is 23.6 Å². The second-order valence-corrected chi connectivity index (χ2v) is 5.44. The number of hydrogen-bond acceptors (Lipinski definition) is 2. The van der Waals surface area contributed by atoms with Crippen LogP contribution >= 0.6 is 0 Å². The zero-order chi connectivity index (χ0) is 14.1. The normalized spacial score (nSPS) is 23.6. The highest BCUT2D eigenvalue weighted by molar-refractivity contribution is 5.95. The van der Waals surface area contributed by atoms with Crippen molar-refractivity contribution < 1.29 is 14.3 Å². The molecule has 0 aromatic heterocycles. The zero-order valence-electron chi connectivity index (χ0n) is 11.1. The average Bonchev–Trinajstić information content (AvgIpc) is 3.07. The molecular weight excluding hydrogens is 257 g/mol. The smallest absolute Gasteiger partial charge is 0.257 e. The Bertz CT molecular complexity index is 602. The van der Waals surface area contributed by atoms with Gasteiger partial charge in [0.25, 0.3) is 5.91 Å². The van der Waals surface area contributed by atoms with Crippen molar-refractivity contribution in [1.82, 2.24) is 4.90 Å². The van der Waals surface area contributed by atoms with Crippen molar-refractivity contribution in [3.8, 4) is 11.8 Å². The summed E-state index contributed by atoms with van der Waals surface area (Å²) in [6.45, 7) is 0.494. The molecule has 2 fully saturated rings. The Morgan fingerprint density at radius 3 is 2.90 bits per heavy atom. The molecule has 1 N–H and O–H groups in total. The van der Waals surface area contributed by atoms with Gasteiger partial charge in [0, 0.05) is 18.2 Å². The summed E-state index contributed by atoms with van der Waals surface area (Å²) in [7, 11) is 0. The topological polar surface area (TPSA) is 40.5 Å². The Balaban J connectivity index is 1.81. The summed E-state index contributed by atoms with van der Waals surface area (Å²) in [4.78, 5) is 14.2. The van der Waals surface area contributed by atoms with Crippen LogP contribution in [0.5, 0.6) is 0 Å². The molecule has 1 heterocycles. The minimum Gasteiger partial charge on any atom is -0.384 e. The molecule has 2 bridgehead atoms. The summed E-state index contributed by atoms with van der Waals surface area (Å²) in [5.74, 6) is 4.94. The van der Waals surface area contributed by atoms with E-state index in [9.17, 15) is 9.18 Å². The van der Waals surface area contributed by atoms with Crippen LogP contribution in [0.15, 0.2) is 18.2 Å². The molecule has 1 saturated heterocycles. The van der Waals surface area contributed by atoms with Gasteiger partial charge in [-0.3, -0.25) is 4.79 Å². The number of carbonyl (C=O) groups is 1. The Hall–Kier alpha value is -1.86. The van der Waals surface area contributed by atoms with Crippen molar-refractivity contribution in [2.24, 2.45) is 5.92 Å². The Morgan fingerprint density at radius 2 is 2.30 bits per heavy atom. The van der Waals surface area contributed by atoms with Gasteiger partial charge in [0.2, 0.25) is 0 Å². The van der Waals surface area contributed by atoms with Gasteiger partial charge >= 0.3 is 0 Å². The van der Waals surface area contributed by atoms with E-state index in [-0.39, 0.29) is 18.1 Å². The Kier molecular flexibility index (Phi) is 3.45. The largest absolute Gasteiger partial charge is 0.384 e. The predicted octanol–water partition coefficient (Wildman–Crippen LogP) is 1.79. The summed E-state index contributed by atoms with van der Waals surface area (Å²) in [6.07, 6.45) is 3.29. The van der Waals surface area contributed by atoms with Gasteiger partial charge in [0.05, 0.1) is 5.56 Å². The highest BCUT2D eigenvalue weighted by atomic mass is 19.1. The SMILES string of the molecule is O=C(c1ccc(C#CCO)cc1F)N1CC2CCC1C2. The van der Waals surface area contributed by atoms with Crippen LogP contribution in [-0.2, 0) is 0 Å². The van der Waals surface area contributed by atoms with E-state index in [4.69, 9.17) is 5.11 Å². The molecule has 2 atom stereocenters. The maximum Gasteiger partial charge on any atom is 0.257 e. The monoisotopic (exact) mass is 273 g/mol. The van der Waals surface area contributed by atoms with Crippen molar-refractivity contribution in [2.45, 2.75) is 25.3 Å². The highest BCUT2D eigenvalue weighted by Crippen LogP contribution is 2.38. The number of likely N-dealkylation sites (tertiary alicyclic amines) is 1. The lowest BCUT2D eigenvalue weighted by atomic mass is 10.1. The second-order valence-electron chi connectivity index (χ2n) is 5.44. The maximum atomic E-state index is 14.0. The molecule has 1 aliphatic heterocycles. The molecule has 1 aromatic carbocycles. The van der Waals surface area contributed by atoms with E-state index in [0.29, 0.717) is 17.5 Å². The Morgan fingerprint density at radius 1 is 1.45 bits per heavy atom. The Labute approximate surface area is 117 Å². The first-order valence-electron chi connectivity index (χ1n) is 6.89. The number of nitrogens with zero attached hydrogens (tertiary/aromatic N) is 1. The van der Waals surface area contributed by atoms with Gasteiger partial charge < -0.3 is 10.0 Å². The third-order valence-corrected chi connectivity index (χ3v) is 4.18. The molecule has 1 amide bonds. The van der Waals surface area contributed by atoms with Crippen LogP contribution in [0.25, 0.3) is 0 Å². The number of fused-ring (bicyclic) bond motifs is 2. The van der Waals surface area contributed by atoms with Crippen molar-refractivity contribution in [2.75, 3.05) is 13.2 Å². The number of piperidine rings is 1. The summed E-state index contributed by atoms with van der Waals surface area (Å²) in [6, 6.07) is 4.66. The molecule has 0 spiro atoms. The molecule has 4 heteroatoms. The number of hydrogen-bond donors (Lipinski definition) is 1. The average molecular weight is 273 g/mol. The van der Waals surface area contributed by atoms with Gasteiger partial charge in [0.15, 0.2) is 0 Å². The number of benzene rings is 1. The summed E-state index contributed by atoms with van der Waals surface area (Å²) in [5, 5.41) is 8.62. The number of amides is 1. The van der Waals surface area contributed by atoms with Gasteiger partial charge in [0.1, 0.15) is 12.4 Å². The van der Waals surface area contributed by atoms with Crippen molar-refractivity contribution in [1.29, 1.82) is 0 Å². The molecule has 1 aliphatic carbocycles. The van der Waals surface area contributed by atoms with Gasteiger partial charge in [-0.05, 0) is 43.4 Å². The fourth-order valence-electron chi connectivity index (χ4n) is 3.24. The van der Waals surface area contributed by atoms with E-state index in [1.54, 1.807) is 6.07 Å². The lowest BCUT2D eigenvalue weighted by Crippen LogP contribution is -2.38. The van der Waals surface area contributed by atoms with Gasteiger partial charge in [-0.25, -0.2) is 4.39 Å². The first kappa shape index (κ1) is 13.1. The molecule has 20 heavy (non-hydrogen) atoms. The number of aliphatic hydroxyl groups excluding tert-OH is 1. The van der Waals surface area contributed by atoms with Crippen LogP contribution < -0.4 is 0 Å². The van der Waals surface area contributed by atoms with Crippen LogP contribution in [0.2, 0.25) is 0 Å². The van der Waals surface area contributed by atoms with Crippen LogP contribution in [0.3, 0.4) is 0 Å². The lowest BCUT2D eigenvalue weighted by Gasteiger charge is -2.27. The van der Waals surface area contributed by atoms with Crippen molar-refractivity contribution in [3.63, 3.8) is 0 Å². The molecule has 1 saturated carbocycles. The van der Waals surface area contributed by atoms with Crippen LogP contribution in [0.4, 0.5) is 4.39 Å². The molecule has 104 valence electrons. The van der Waals surface area contributed by atoms with Gasteiger partial charge in [-0.15, -0.1) is 0 Å². The molecular formula is C16H16FNO2. The minimum absolute atomic E-state index is 0.118. The maximum absolute atomic E-state index is 14.0. The van der Waals surface area contributed by atoms with E-state index in [1.165, 1.54) is 18.6 Å². The number of aliphatic hydroxyl groups is 1. The zero-order valence-corrected chi connectivity index (χ0v) is 11.1. The molecule has 3 rings (SSSR count). The van der Waals surface area contributed by atoms with E-state index in [1.807, 2.05) is 4.90 Å². The minimum atomic E-state index is -0.539. The molecule has 0 radical (unpaired) electrons. The third kappa shape index (κ3) is 2.30. The molecule has 3 nitrogen and oxygen atoms in total. The van der Waals surface area contributed by atoms with E-state index < -0.39 is 5.82 Å². The van der Waals surface area contributed by atoms with Crippen LogP contribution in [0.1, 0.15) is 35.2 Å². The van der Waals surface area contributed by atoms with E-state index in [2.05, 4.69) is 11.8 Å². The molecule has 2 unspecified atom stereocenters.